The number of carboxylic acids is 1. The van der Waals surface area contributed by atoms with Crippen molar-refractivity contribution in [3.8, 4) is 0 Å². The van der Waals surface area contributed by atoms with Gasteiger partial charge in [0.05, 0.1) is 5.41 Å². The minimum Gasteiger partial charge on any atom is -0.481 e. The zero-order valence-electron chi connectivity index (χ0n) is 12.9. The van der Waals surface area contributed by atoms with Gasteiger partial charge in [-0.05, 0) is 51.4 Å². The zero-order valence-corrected chi connectivity index (χ0v) is 12.9. The first kappa shape index (κ1) is 14.7. The number of aliphatic carboxylic acids is 1. The van der Waals surface area contributed by atoms with Crippen LogP contribution < -0.4 is 0 Å². The van der Waals surface area contributed by atoms with Gasteiger partial charge in [-0.2, -0.15) is 0 Å². The summed E-state index contributed by atoms with van der Waals surface area (Å²) in [5, 5.41) is 9.41. The maximum absolute atomic E-state index is 12.9. The summed E-state index contributed by atoms with van der Waals surface area (Å²) < 4.78 is 0. The molecule has 5 heteroatoms. The molecule has 2 amide bonds. The van der Waals surface area contributed by atoms with E-state index in [4.69, 9.17) is 0 Å². The molecular weight excluding hydrogens is 268 g/mol. The monoisotopic (exact) mass is 294 g/mol. The fraction of sp³-hybridized carbons (Fsp3) is 0.875. The van der Waals surface area contributed by atoms with Crippen molar-refractivity contribution in [1.82, 2.24) is 9.80 Å². The standard InChI is InChI=1S/C16H26N2O3/c1-16(14(19)20)8-4-9-17(11-16)15(21)18-10-3-6-12-5-2-7-13(12)18/h12-13H,2-11H2,1H3,(H,19,20). The first-order valence-corrected chi connectivity index (χ1v) is 8.30. The van der Waals surface area contributed by atoms with E-state index in [1.165, 1.54) is 19.3 Å². The highest BCUT2D eigenvalue weighted by atomic mass is 16.4. The Balaban J connectivity index is 1.71. The molecule has 0 radical (unpaired) electrons. The molecule has 2 aliphatic heterocycles. The quantitative estimate of drug-likeness (QED) is 0.808. The number of carbonyl (C=O) groups is 2. The summed E-state index contributed by atoms with van der Waals surface area (Å²) in [5.41, 5.74) is -0.779. The maximum Gasteiger partial charge on any atom is 0.320 e. The van der Waals surface area contributed by atoms with Crippen molar-refractivity contribution in [2.24, 2.45) is 11.3 Å². The van der Waals surface area contributed by atoms with Crippen molar-refractivity contribution in [1.29, 1.82) is 0 Å². The van der Waals surface area contributed by atoms with Crippen LogP contribution in [-0.2, 0) is 4.79 Å². The van der Waals surface area contributed by atoms with Gasteiger partial charge >= 0.3 is 12.0 Å². The van der Waals surface area contributed by atoms with Crippen LogP contribution in [-0.4, -0.2) is 52.6 Å². The van der Waals surface area contributed by atoms with E-state index < -0.39 is 11.4 Å². The van der Waals surface area contributed by atoms with E-state index in [9.17, 15) is 14.7 Å². The van der Waals surface area contributed by atoms with E-state index in [1.54, 1.807) is 11.8 Å². The summed E-state index contributed by atoms with van der Waals surface area (Å²) in [5.74, 6) is -0.101. The number of amides is 2. The number of carbonyl (C=O) groups excluding carboxylic acids is 1. The maximum atomic E-state index is 12.9. The van der Waals surface area contributed by atoms with E-state index in [1.807, 2.05) is 0 Å². The number of rotatable bonds is 1. The number of likely N-dealkylation sites (tertiary alicyclic amines) is 2. The molecule has 1 aliphatic carbocycles. The number of urea groups is 1. The van der Waals surface area contributed by atoms with Crippen LogP contribution in [0.25, 0.3) is 0 Å². The van der Waals surface area contributed by atoms with Crippen molar-refractivity contribution in [2.75, 3.05) is 19.6 Å². The zero-order chi connectivity index (χ0) is 15.0. The van der Waals surface area contributed by atoms with Crippen LogP contribution in [0, 0.1) is 11.3 Å². The van der Waals surface area contributed by atoms with E-state index in [0.29, 0.717) is 31.5 Å². The number of fused-ring (bicyclic) bond motifs is 1. The summed E-state index contributed by atoms with van der Waals surface area (Å²) in [6.07, 6.45) is 7.40. The lowest BCUT2D eigenvalue weighted by Crippen LogP contribution is -2.56. The fourth-order valence-electron chi connectivity index (χ4n) is 4.45. The number of hydrogen-bond donors (Lipinski definition) is 1. The summed E-state index contributed by atoms with van der Waals surface area (Å²) in [6, 6.07) is 0.489. The molecule has 0 bridgehead atoms. The summed E-state index contributed by atoms with van der Waals surface area (Å²) >= 11 is 0. The number of piperidine rings is 2. The molecule has 1 saturated carbocycles. The van der Waals surface area contributed by atoms with Gasteiger partial charge in [-0.25, -0.2) is 4.79 Å². The van der Waals surface area contributed by atoms with Gasteiger partial charge in [0.15, 0.2) is 0 Å². The van der Waals surface area contributed by atoms with Gasteiger partial charge in [0, 0.05) is 25.7 Å². The number of hydrogen-bond acceptors (Lipinski definition) is 2. The molecule has 5 nitrogen and oxygen atoms in total. The second kappa shape index (κ2) is 5.50. The second-order valence-electron chi connectivity index (χ2n) is 7.27. The van der Waals surface area contributed by atoms with E-state index >= 15 is 0 Å². The Morgan fingerprint density at radius 2 is 1.86 bits per heavy atom. The third-order valence-corrected chi connectivity index (χ3v) is 5.72. The fourth-order valence-corrected chi connectivity index (χ4v) is 4.45. The smallest absolute Gasteiger partial charge is 0.320 e. The topological polar surface area (TPSA) is 60.9 Å². The highest BCUT2D eigenvalue weighted by Gasteiger charge is 2.43. The molecule has 3 atom stereocenters. The van der Waals surface area contributed by atoms with E-state index in [0.717, 1.165) is 25.8 Å². The highest BCUT2D eigenvalue weighted by molar-refractivity contribution is 5.79. The highest BCUT2D eigenvalue weighted by Crippen LogP contribution is 2.38. The van der Waals surface area contributed by atoms with Gasteiger partial charge in [0.1, 0.15) is 0 Å². The predicted molar refractivity (Wildman–Crippen MR) is 79.0 cm³/mol. The first-order chi connectivity index (χ1) is 10.0. The lowest BCUT2D eigenvalue weighted by Gasteiger charge is -2.44. The third-order valence-electron chi connectivity index (χ3n) is 5.72. The lowest BCUT2D eigenvalue weighted by molar-refractivity contribution is -0.150. The first-order valence-electron chi connectivity index (χ1n) is 8.30. The van der Waals surface area contributed by atoms with Crippen molar-refractivity contribution in [3.05, 3.63) is 0 Å². The van der Waals surface area contributed by atoms with Gasteiger partial charge in [-0.3, -0.25) is 4.79 Å². The molecule has 1 N–H and O–H groups in total. The molecule has 2 heterocycles. The van der Waals surface area contributed by atoms with Crippen LogP contribution in [0.2, 0.25) is 0 Å². The molecular formula is C16H26N2O3. The molecule has 3 fully saturated rings. The van der Waals surface area contributed by atoms with Gasteiger partial charge in [0.25, 0.3) is 0 Å². The average molecular weight is 294 g/mol. The van der Waals surface area contributed by atoms with E-state index in [2.05, 4.69) is 4.90 Å². The molecule has 0 spiro atoms. The summed E-state index contributed by atoms with van der Waals surface area (Å²) in [6.45, 7) is 3.67. The Labute approximate surface area is 126 Å². The minimum atomic E-state index is -0.780. The predicted octanol–water partition coefficient (Wildman–Crippen LogP) is 2.56. The molecule has 2 saturated heterocycles. The Morgan fingerprint density at radius 3 is 2.62 bits per heavy atom. The lowest BCUT2D eigenvalue weighted by atomic mass is 9.82. The van der Waals surface area contributed by atoms with Crippen LogP contribution in [0.1, 0.15) is 51.9 Å². The SMILES string of the molecule is CC1(C(=O)O)CCCN(C(=O)N2CCCC3CCCC32)C1. The normalized spacial score (nSPS) is 36.4. The van der Waals surface area contributed by atoms with E-state index in [-0.39, 0.29) is 6.03 Å². The molecule has 0 aromatic rings. The summed E-state index contributed by atoms with van der Waals surface area (Å²) in [7, 11) is 0. The van der Waals surface area contributed by atoms with Crippen molar-refractivity contribution in [3.63, 3.8) is 0 Å². The Hall–Kier alpha value is -1.26. The number of nitrogens with zero attached hydrogens (tertiary/aromatic N) is 2. The summed E-state index contributed by atoms with van der Waals surface area (Å²) in [4.78, 5) is 28.2. The molecule has 3 unspecified atom stereocenters. The van der Waals surface area contributed by atoms with Crippen LogP contribution in [0.15, 0.2) is 0 Å². The molecule has 3 rings (SSSR count). The van der Waals surface area contributed by atoms with Crippen LogP contribution in [0.3, 0.4) is 0 Å². The third kappa shape index (κ3) is 2.62. The molecule has 3 aliphatic rings. The van der Waals surface area contributed by atoms with Crippen LogP contribution >= 0.6 is 0 Å². The van der Waals surface area contributed by atoms with Crippen molar-refractivity contribution >= 4 is 12.0 Å². The Kier molecular flexibility index (Phi) is 3.84. The van der Waals surface area contributed by atoms with Gasteiger partial charge in [0.2, 0.25) is 0 Å². The van der Waals surface area contributed by atoms with Gasteiger partial charge in [-0.1, -0.05) is 6.42 Å². The van der Waals surface area contributed by atoms with Crippen molar-refractivity contribution < 1.29 is 14.7 Å². The molecule has 21 heavy (non-hydrogen) atoms. The minimum absolute atomic E-state index is 0.0822. The largest absolute Gasteiger partial charge is 0.481 e. The van der Waals surface area contributed by atoms with Crippen molar-refractivity contribution in [2.45, 2.75) is 57.9 Å². The molecule has 118 valence electrons. The Bertz CT molecular complexity index is 439. The Morgan fingerprint density at radius 1 is 1.10 bits per heavy atom. The second-order valence-corrected chi connectivity index (χ2v) is 7.27. The molecule has 0 aromatic heterocycles. The number of carboxylic acid groups (broad SMARTS) is 1. The van der Waals surface area contributed by atoms with Gasteiger partial charge < -0.3 is 14.9 Å². The van der Waals surface area contributed by atoms with Crippen LogP contribution in [0.4, 0.5) is 4.79 Å². The van der Waals surface area contributed by atoms with Gasteiger partial charge in [-0.15, -0.1) is 0 Å². The van der Waals surface area contributed by atoms with Crippen LogP contribution in [0.5, 0.6) is 0 Å². The average Bonchev–Trinajstić information content (AvgIpc) is 2.94. The molecule has 0 aromatic carbocycles.